The van der Waals surface area contributed by atoms with Crippen molar-refractivity contribution in [2.75, 3.05) is 6.61 Å². The molecule has 19 heavy (non-hydrogen) atoms. The smallest absolute Gasteiger partial charge is 0.223 e. The molecular formula is C16H27NO2. The summed E-state index contributed by atoms with van der Waals surface area (Å²) in [5.41, 5.74) is 0. The molecule has 0 saturated heterocycles. The van der Waals surface area contributed by atoms with Crippen LogP contribution in [-0.4, -0.2) is 23.7 Å². The van der Waals surface area contributed by atoms with Crippen LogP contribution < -0.4 is 5.32 Å². The zero-order chi connectivity index (χ0) is 13.4. The molecule has 0 radical (unpaired) electrons. The number of nitrogens with one attached hydrogen (secondary N) is 1. The Hall–Kier alpha value is -0.570. The van der Waals surface area contributed by atoms with Crippen molar-refractivity contribution in [1.29, 1.82) is 0 Å². The predicted molar refractivity (Wildman–Crippen MR) is 74.5 cm³/mol. The third kappa shape index (κ3) is 2.54. The van der Waals surface area contributed by atoms with Gasteiger partial charge in [0.05, 0.1) is 0 Å². The maximum atomic E-state index is 12.6. The number of rotatable bonds is 5. The molecule has 4 aliphatic rings. The number of hydrogen-bond donors (Lipinski definition) is 2. The average Bonchev–Trinajstić information content (AvgIpc) is 2.36. The van der Waals surface area contributed by atoms with Crippen molar-refractivity contribution in [3.8, 4) is 0 Å². The monoisotopic (exact) mass is 265 g/mol. The van der Waals surface area contributed by atoms with Crippen molar-refractivity contribution in [2.24, 2.45) is 29.6 Å². The quantitative estimate of drug-likeness (QED) is 0.801. The van der Waals surface area contributed by atoms with Gasteiger partial charge in [0.1, 0.15) is 0 Å². The summed E-state index contributed by atoms with van der Waals surface area (Å²) >= 11 is 0. The molecule has 4 fully saturated rings. The van der Waals surface area contributed by atoms with Crippen LogP contribution in [0.2, 0.25) is 0 Å². The summed E-state index contributed by atoms with van der Waals surface area (Å²) in [7, 11) is 0. The molecule has 1 unspecified atom stereocenters. The highest BCUT2D eigenvalue weighted by Gasteiger charge is 2.50. The standard InChI is InChI=1S/C16H27NO2/c1-2-14(3-4-18)17-16(19)15-12-6-10-5-11(8-12)9-13(15)7-10/h10-15,18H,2-9H2,1H3,(H,17,19). The summed E-state index contributed by atoms with van der Waals surface area (Å²) in [5, 5.41) is 12.2. The second kappa shape index (κ2) is 5.43. The number of carbonyl (C=O) groups excluding carboxylic acids is 1. The molecule has 0 heterocycles. The fourth-order valence-electron chi connectivity index (χ4n) is 5.18. The zero-order valence-electron chi connectivity index (χ0n) is 12.0. The van der Waals surface area contributed by atoms with E-state index in [-0.39, 0.29) is 24.5 Å². The summed E-state index contributed by atoms with van der Waals surface area (Å²) in [6, 6.07) is 0.162. The minimum Gasteiger partial charge on any atom is -0.396 e. The topological polar surface area (TPSA) is 49.3 Å². The minimum absolute atomic E-state index is 0.162. The highest BCUT2D eigenvalue weighted by Crippen LogP contribution is 2.56. The first kappa shape index (κ1) is 13.4. The van der Waals surface area contributed by atoms with Crippen LogP contribution in [0, 0.1) is 29.6 Å². The molecule has 0 aromatic rings. The van der Waals surface area contributed by atoms with Crippen LogP contribution >= 0.6 is 0 Å². The molecule has 3 nitrogen and oxygen atoms in total. The molecule has 0 aromatic carbocycles. The Balaban J connectivity index is 1.63. The minimum atomic E-state index is 0.162. The van der Waals surface area contributed by atoms with Gasteiger partial charge in [-0.15, -0.1) is 0 Å². The van der Waals surface area contributed by atoms with Crippen molar-refractivity contribution in [1.82, 2.24) is 5.32 Å². The van der Waals surface area contributed by atoms with E-state index in [4.69, 9.17) is 5.11 Å². The van der Waals surface area contributed by atoms with Gasteiger partial charge in [-0.25, -0.2) is 0 Å². The predicted octanol–water partition coefficient (Wildman–Crippen LogP) is 2.34. The van der Waals surface area contributed by atoms with Crippen molar-refractivity contribution in [2.45, 2.75) is 57.9 Å². The van der Waals surface area contributed by atoms with E-state index in [1.807, 2.05) is 0 Å². The van der Waals surface area contributed by atoms with E-state index in [1.54, 1.807) is 0 Å². The first-order chi connectivity index (χ1) is 9.21. The van der Waals surface area contributed by atoms with Crippen LogP contribution in [0.15, 0.2) is 0 Å². The lowest BCUT2D eigenvalue weighted by molar-refractivity contribution is -0.139. The molecule has 0 aliphatic heterocycles. The lowest BCUT2D eigenvalue weighted by Crippen LogP contribution is -2.52. The SMILES string of the molecule is CCC(CCO)NC(=O)C1C2CC3CC(C2)CC1C3. The van der Waals surface area contributed by atoms with Gasteiger partial charge in [-0.1, -0.05) is 6.92 Å². The Morgan fingerprint density at radius 2 is 1.74 bits per heavy atom. The highest BCUT2D eigenvalue weighted by atomic mass is 16.3. The summed E-state index contributed by atoms with van der Waals surface area (Å²) in [4.78, 5) is 12.6. The van der Waals surface area contributed by atoms with E-state index in [0.717, 1.165) is 18.3 Å². The van der Waals surface area contributed by atoms with E-state index >= 15 is 0 Å². The first-order valence-corrected chi connectivity index (χ1v) is 8.12. The maximum absolute atomic E-state index is 12.6. The average molecular weight is 265 g/mol. The first-order valence-electron chi connectivity index (χ1n) is 8.12. The Morgan fingerprint density at radius 3 is 2.21 bits per heavy atom. The number of amides is 1. The maximum Gasteiger partial charge on any atom is 0.223 e. The van der Waals surface area contributed by atoms with Crippen LogP contribution in [0.3, 0.4) is 0 Å². The summed E-state index contributed by atoms with van der Waals surface area (Å²) in [6.07, 6.45) is 8.21. The van der Waals surface area contributed by atoms with E-state index in [1.165, 1.54) is 32.1 Å². The van der Waals surface area contributed by atoms with Gasteiger partial charge < -0.3 is 10.4 Å². The summed E-state index contributed by atoms with van der Waals surface area (Å²) in [5.74, 6) is 3.72. The molecule has 0 aromatic heterocycles. The van der Waals surface area contributed by atoms with Gasteiger partial charge in [-0.05, 0) is 68.6 Å². The molecule has 1 amide bonds. The largest absolute Gasteiger partial charge is 0.396 e. The van der Waals surface area contributed by atoms with Crippen molar-refractivity contribution < 1.29 is 9.90 Å². The zero-order valence-corrected chi connectivity index (χ0v) is 12.0. The van der Waals surface area contributed by atoms with E-state index in [9.17, 15) is 4.79 Å². The van der Waals surface area contributed by atoms with Crippen LogP contribution in [0.1, 0.15) is 51.9 Å². The second-order valence-corrected chi connectivity index (χ2v) is 7.08. The molecule has 108 valence electrons. The van der Waals surface area contributed by atoms with Crippen molar-refractivity contribution in [3.63, 3.8) is 0 Å². The molecule has 0 spiro atoms. The Kier molecular flexibility index (Phi) is 3.84. The van der Waals surface area contributed by atoms with Crippen LogP contribution in [0.5, 0.6) is 0 Å². The molecule has 4 bridgehead atoms. The Bertz CT molecular complexity index is 314. The summed E-state index contributed by atoms with van der Waals surface area (Å²) < 4.78 is 0. The van der Waals surface area contributed by atoms with Gasteiger partial charge in [-0.3, -0.25) is 4.79 Å². The molecule has 4 rings (SSSR count). The number of aliphatic hydroxyl groups is 1. The van der Waals surface area contributed by atoms with Gasteiger partial charge in [0.15, 0.2) is 0 Å². The van der Waals surface area contributed by atoms with E-state index in [0.29, 0.717) is 18.3 Å². The highest BCUT2D eigenvalue weighted by molar-refractivity contribution is 5.80. The normalized spacial score (nSPS) is 41.3. The molecule has 1 atom stereocenters. The number of aliphatic hydroxyl groups excluding tert-OH is 1. The third-order valence-corrected chi connectivity index (χ3v) is 5.85. The Morgan fingerprint density at radius 1 is 1.16 bits per heavy atom. The number of carbonyl (C=O) groups is 1. The molecule has 3 heteroatoms. The van der Waals surface area contributed by atoms with Crippen LogP contribution in [0.25, 0.3) is 0 Å². The van der Waals surface area contributed by atoms with Crippen LogP contribution in [-0.2, 0) is 4.79 Å². The lowest BCUT2D eigenvalue weighted by atomic mass is 9.51. The van der Waals surface area contributed by atoms with Gasteiger partial charge in [0, 0.05) is 18.6 Å². The van der Waals surface area contributed by atoms with E-state index in [2.05, 4.69) is 12.2 Å². The summed E-state index contributed by atoms with van der Waals surface area (Å²) in [6.45, 7) is 2.25. The second-order valence-electron chi connectivity index (χ2n) is 7.08. The van der Waals surface area contributed by atoms with Crippen molar-refractivity contribution in [3.05, 3.63) is 0 Å². The van der Waals surface area contributed by atoms with Gasteiger partial charge in [0.25, 0.3) is 0 Å². The Labute approximate surface area is 116 Å². The fraction of sp³-hybridized carbons (Fsp3) is 0.938. The van der Waals surface area contributed by atoms with Gasteiger partial charge in [-0.2, -0.15) is 0 Å². The van der Waals surface area contributed by atoms with Crippen molar-refractivity contribution >= 4 is 5.91 Å². The number of hydrogen-bond acceptors (Lipinski definition) is 2. The molecule has 4 saturated carbocycles. The fourth-order valence-corrected chi connectivity index (χ4v) is 5.18. The van der Waals surface area contributed by atoms with E-state index < -0.39 is 0 Å². The van der Waals surface area contributed by atoms with Gasteiger partial charge >= 0.3 is 0 Å². The molecule has 2 N–H and O–H groups in total. The van der Waals surface area contributed by atoms with Crippen LogP contribution in [0.4, 0.5) is 0 Å². The third-order valence-electron chi connectivity index (χ3n) is 5.85. The molecular weight excluding hydrogens is 238 g/mol. The lowest BCUT2D eigenvalue weighted by Gasteiger charge is -2.53. The molecule has 4 aliphatic carbocycles. The van der Waals surface area contributed by atoms with Gasteiger partial charge in [0.2, 0.25) is 5.91 Å².